The summed E-state index contributed by atoms with van der Waals surface area (Å²) in [6.07, 6.45) is 7.40. The molecule has 0 aliphatic carbocycles. The van der Waals surface area contributed by atoms with Crippen molar-refractivity contribution in [1.29, 1.82) is 0 Å². The van der Waals surface area contributed by atoms with E-state index < -0.39 is 0 Å². The molecule has 0 N–H and O–H groups in total. The molecule has 2 atom stereocenters. The molecule has 0 aliphatic rings. The molecule has 0 saturated carbocycles. The smallest absolute Gasteiger partial charge is 0.147 e. The lowest BCUT2D eigenvalue weighted by Crippen LogP contribution is -2.16. The van der Waals surface area contributed by atoms with Crippen LogP contribution in [0.5, 0.6) is 0 Å². The molecule has 2 heterocycles. The largest absolute Gasteiger partial charge is 0.298 e. The van der Waals surface area contributed by atoms with Gasteiger partial charge in [-0.15, -0.1) is 0 Å². The third-order valence-corrected chi connectivity index (χ3v) is 5.10. The van der Waals surface area contributed by atoms with E-state index in [1.165, 1.54) is 0 Å². The van der Waals surface area contributed by atoms with E-state index in [4.69, 9.17) is 0 Å². The number of hydrogen-bond donors (Lipinski definition) is 0. The first-order valence-corrected chi connectivity index (χ1v) is 9.37. The van der Waals surface area contributed by atoms with E-state index in [-0.39, 0.29) is 17.6 Å². The predicted octanol–water partition coefficient (Wildman–Crippen LogP) is 4.53. The zero-order valence-corrected chi connectivity index (χ0v) is 15.9. The molecule has 4 rings (SSSR count). The third kappa shape index (κ3) is 3.51. The summed E-state index contributed by atoms with van der Waals surface area (Å²) in [4.78, 5) is 13.1. The van der Waals surface area contributed by atoms with Crippen LogP contribution in [0.25, 0.3) is 11.4 Å². The van der Waals surface area contributed by atoms with Crippen molar-refractivity contribution >= 4 is 5.78 Å². The molecule has 2 aromatic carbocycles. The minimum Gasteiger partial charge on any atom is -0.298 e. The molecule has 0 radical (unpaired) electrons. The predicted molar refractivity (Wildman–Crippen MR) is 109 cm³/mol. The van der Waals surface area contributed by atoms with Crippen molar-refractivity contribution in [3.05, 3.63) is 96.6 Å². The van der Waals surface area contributed by atoms with E-state index in [1.807, 2.05) is 86.9 Å². The highest BCUT2D eigenvalue weighted by atomic mass is 16.1. The number of para-hydroxylation sites is 2. The van der Waals surface area contributed by atoms with E-state index in [0.29, 0.717) is 0 Å². The maximum absolute atomic E-state index is 13.1. The second-order valence-corrected chi connectivity index (χ2v) is 6.95. The van der Waals surface area contributed by atoms with Gasteiger partial charge < -0.3 is 0 Å². The number of carbonyl (C=O) groups excluding carboxylic acids is 1. The van der Waals surface area contributed by atoms with Gasteiger partial charge in [0.2, 0.25) is 0 Å². The molecular weight excluding hydrogens is 348 g/mol. The van der Waals surface area contributed by atoms with Gasteiger partial charge in [0.25, 0.3) is 0 Å². The second-order valence-electron chi connectivity index (χ2n) is 6.95. The number of ketones is 1. The summed E-state index contributed by atoms with van der Waals surface area (Å²) in [5, 5.41) is 8.83. The van der Waals surface area contributed by atoms with Crippen LogP contribution >= 0.6 is 0 Å². The van der Waals surface area contributed by atoms with Crippen LogP contribution in [0, 0.1) is 0 Å². The summed E-state index contributed by atoms with van der Waals surface area (Å²) in [6.45, 7) is 3.87. The zero-order chi connectivity index (χ0) is 19.5. The number of Topliss-reactive ketones (excluding diaryl/α,β-unsaturated/α-hetero) is 1. The first-order chi connectivity index (χ1) is 13.6. The average Bonchev–Trinajstić information content (AvgIpc) is 3.44. The van der Waals surface area contributed by atoms with Gasteiger partial charge in [-0.1, -0.05) is 50.2 Å². The Labute approximate surface area is 164 Å². The van der Waals surface area contributed by atoms with Crippen molar-refractivity contribution in [2.75, 3.05) is 0 Å². The highest BCUT2D eigenvalue weighted by Gasteiger charge is 2.25. The fraction of sp³-hybridized carbons (Fsp3) is 0.174. The van der Waals surface area contributed by atoms with Gasteiger partial charge in [0.1, 0.15) is 5.78 Å². The van der Waals surface area contributed by atoms with Crippen molar-refractivity contribution in [2.24, 2.45) is 0 Å². The summed E-state index contributed by atoms with van der Waals surface area (Å²) in [5.41, 5.74) is 3.78. The fourth-order valence-corrected chi connectivity index (χ4v) is 3.27. The lowest BCUT2D eigenvalue weighted by Gasteiger charge is -2.14. The first kappa shape index (κ1) is 17.9. The quantitative estimate of drug-likeness (QED) is 0.501. The van der Waals surface area contributed by atoms with E-state index in [0.717, 1.165) is 22.5 Å². The van der Waals surface area contributed by atoms with Crippen LogP contribution in [0.3, 0.4) is 0 Å². The van der Waals surface area contributed by atoms with Crippen LogP contribution < -0.4 is 0 Å². The molecule has 28 heavy (non-hydrogen) atoms. The Morgan fingerprint density at radius 1 is 0.714 bits per heavy atom. The Morgan fingerprint density at radius 3 is 1.50 bits per heavy atom. The Balaban J connectivity index is 1.51. The Bertz CT molecular complexity index is 980. The second kappa shape index (κ2) is 7.64. The standard InChI is InChI=1S/C23H22N4O/c1-17(19-13-24-26(15-19)21-9-5-3-6-10-21)23(28)18(2)20-14-25-27(16-20)22-11-7-4-8-12-22/h3-18H,1-2H3. The summed E-state index contributed by atoms with van der Waals surface area (Å²) in [7, 11) is 0. The summed E-state index contributed by atoms with van der Waals surface area (Å²) in [5.74, 6) is -0.333. The molecule has 0 saturated heterocycles. The minimum absolute atomic E-state index is 0.153. The van der Waals surface area contributed by atoms with E-state index in [1.54, 1.807) is 21.8 Å². The van der Waals surface area contributed by atoms with Crippen LogP contribution in [0.15, 0.2) is 85.5 Å². The molecule has 0 bridgehead atoms. The number of rotatable bonds is 6. The first-order valence-electron chi connectivity index (χ1n) is 9.37. The fourth-order valence-electron chi connectivity index (χ4n) is 3.27. The number of hydrogen-bond acceptors (Lipinski definition) is 3. The van der Waals surface area contributed by atoms with Crippen LogP contribution in [0.4, 0.5) is 0 Å². The normalized spacial score (nSPS) is 13.2. The van der Waals surface area contributed by atoms with Gasteiger partial charge in [-0.2, -0.15) is 10.2 Å². The highest BCUT2D eigenvalue weighted by molar-refractivity contribution is 5.90. The maximum Gasteiger partial charge on any atom is 0.147 e. The topological polar surface area (TPSA) is 52.7 Å². The highest BCUT2D eigenvalue weighted by Crippen LogP contribution is 2.26. The molecule has 2 aromatic heterocycles. The lowest BCUT2D eigenvalue weighted by molar-refractivity contribution is -0.121. The van der Waals surface area contributed by atoms with Gasteiger partial charge in [-0.25, -0.2) is 9.36 Å². The van der Waals surface area contributed by atoms with Gasteiger partial charge in [-0.05, 0) is 24.3 Å². The van der Waals surface area contributed by atoms with Gasteiger partial charge in [0, 0.05) is 35.4 Å². The Morgan fingerprint density at radius 2 is 1.11 bits per heavy atom. The molecule has 0 aliphatic heterocycles. The molecule has 0 spiro atoms. The molecule has 4 aromatic rings. The monoisotopic (exact) mass is 370 g/mol. The van der Waals surface area contributed by atoms with Crippen molar-refractivity contribution in [2.45, 2.75) is 25.7 Å². The summed E-state index contributed by atoms with van der Waals surface area (Å²) >= 11 is 0. The van der Waals surface area contributed by atoms with Gasteiger partial charge in [-0.3, -0.25) is 4.79 Å². The van der Waals surface area contributed by atoms with Gasteiger partial charge in [0.05, 0.1) is 23.8 Å². The summed E-state index contributed by atoms with van der Waals surface area (Å²) < 4.78 is 3.61. The van der Waals surface area contributed by atoms with Gasteiger partial charge in [0.15, 0.2) is 0 Å². The molecule has 0 fully saturated rings. The summed E-state index contributed by atoms with van der Waals surface area (Å²) in [6, 6.07) is 19.8. The van der Waals surface area contributed by atoms with E-state index >= 15 is 0 Å². The van der Waals surface area contributed by atoms with Crippen molar-refractivity contribution in [3.8, 4) is 11.4 Å². The van der Waals surface area contributed by atoms with Crippen LogP contribution in [0.1, 0.15) is 36.8 Å². The van der Waals surface area contributed by atoms with Crippen molar-refractivity contribution < 1.29 is 4.79 Å². The van der Waals surface area contributed by atoms with Crippen LogP contribution in [-0.2, 0) is 4.79 Å². The Hall–Kier alpha value is -3.47. The average molecular weight is 370 g/mol. The van der Waals surface area contributed by atoms with Gasteiger partial charge >= 0.3 is 0 Å². The molecule has 5 heteroatoms. The van der Waals surface area contributed by atoms with Crippen LogP contribution in [-0.4, -0.2) is 25.3 Å². The molecular formula is C23H22N4O. The number of benzene rings is 2. The van der Waals surface area contributed by atoms with E-state index in [9.17, 15) is 4.79 Å². The van der Waals surface area contributed by atoms with Crippen molar-refractivity contribution in [1.82, 2.24) is 19.6 Å². The van der Waals surface area contributed by atoms with Crippen molar-refractivity contribution in [3.63, 3.8) is 0 Å². The SMILES string of the molecule is CC(C(=O)C(C)c1cnn(-c2ccccc2)c1)c1cnn(-c2ccccc2)c1. The Kier molecular flexibility index (Phi) is 4.89. The van der Waals surface area contributed by atoms with Crippen LogP contribution in [0.2, 0.25) is 0 Å². The molecule has 2 unspecified atom stereocenters. The molecule has 140 valence electrons. The van der Waals surface area contributed by atoms with E-state index in [2.05, 4.69) is 10.2 Å². The lowest BCUT2D eigenvalue weighted by atomic mass is 9.88. The zero-order valence-electron chi connectivity index (χ0n) is 15.9. The maximum atomic E-state index is 13.1. The number of aromatic nitrogens is 4. The molecule has 5 nitrogen and oxygen atoms in total. The number of nitrogens with zero attached hydrogens (tertiary/aromatic N) is 4. The number of carbonyl (C=O) groups is 1. The minimum atomic E-state index is -0.243. The molecule has 0 amide bonds. The third-order valence-electron chi connectivity index (χ3n) is 5.10.